The number of carbonyl (C=O) groups excluding carboxylic acids is 2. The number of nitrogens with one attached hydrogen (secondary N) is 1. The Hall–Kier alpha value is -2.59. The number of amides is 1. The third-order valence-electron chi connectivity index (χ3n) is 3.62. The van der Waals surface area contributed by atoms with Crippen molar-refractivity contribution in [1.29, 1.82) is 0 Å². The predicted molar refractivity (Wildman–Crippen MR) is 101 cm³/mol. The lowest BCUT2D eigenvalue weighted by atomic mass is 10.1. The van der Waals surface area contributed by atoms with Crippen molar-refractivity contribution < 1.29 is 14.3 Å². The summed E-state index contributed by atoms with van der Waals surface area (Å²) in [6, 6.07) is 12.9. The molecular formula is C20H20ClNO3. The van der Waals surface area contributed by atoms with Gasteiger partial charge in [0, 0.05) is 16.8 Å². The molecule has 0 radical (unpaired) electrons. The third kappa shape index (κ3) is 5.47. The van der Waals surface area contributed by atoms with Crippen LogP contribution in [0.15, 0.2) is 48.5 Å². The van der Waals surface area contributed by atoms with Crippen molar-refractivity contribution in [3.8, 4) is 0 Å². The van der Waals surface area contributed by atoms with Gasteiger partial charge in [0.15, 0.2) is 6.10 Å². The maximum absolute atomic E-state index is 12.2. The Morgan fingerprint density at radius 1 is 1.16 bits per heavy atom. The molecule has 1 unspecified atom stereocenters. The van der Waals surface area contributed by atoms with Crippen LogP contribution < -0.4 is 5.32 Å². The summed E-state index contributed by atoms with van der Waals surface area (Å²) in [5.41, 5.74) is 3.39. The molecule has 4 nitrogen and oxygen atoms in total. The molecule has 2 rings (SSSR count). The summed E-state index contributed by atoms with van der Waals surface area (Å²) < 4.78 is 5.14. The van der Waals surface area contributed by atoms with E-state index in [0.29, 0.717) is 16.3 Å². The van der Waals surface area contributed by atoms with Crippen LogP contribution in [0.1, 0.15) is 23.6 Å². The lowest BCUT2D eigenvalue weighted by Gasteiger charge is -2.14. The molecule has 0 saturated heterocycles. The van der Waals surface area contributed by atoms with Crippen LogP contribution in [0.25, 0.3) is 6.08 Å². The molecule has 0 bridgehead atoms. The molecule has 0 spiro atoms. The normalized spacial score (nSPS) is 12.0. The molecule has 0 aliphatic rings. The second-order valence-corrected chi connectivity index (χ2v) is 6.15. The van der Waals surface area contributed by atoms with E-state index in [1.165, 1.54) is 13.0 Å². The van der Waals surface area contributed by atoms with Crippen LogP contribution in [0.5, 0.6) is 0 Å². The first kappa shape index (κ1) is 18.7. The smallest absolute Gasteiger partial charge is 0.331 e. The highest BCUT2D eigenvalue weighted by molar-refractivity contribution is 6.32. The van der Waals surface area contributed by atoms with Crippen molar-refractivity contribution in [3.63, 3.8) is 0 Å². The summed E-state index contributed by atoms with van der Waals surface area (Å²) in [7, 11) is 0. The summed E-state index contributed by atoms with van der Waals surface area (Å²) >= 11 is 6.01. The van der Waals surface area contributed by atoms with E-state index in [2.05, 4.69) is 5.32 Å². The maximum Gasteiger partial charge on any atom is 0.331 e. The van der Waals surface area contributed by atoms with Crippen LogP contribution >= 0.6 is 11.6 Å². The topological polar surface area (TPSA) is 55.4 Å². The van der Waals surface area contributed by atoms with E-state index in [9.17, 15) is 9.59 Å². The second-order valence-electron chi connectivity index (χ2n) is 5.74. The zero-order chi connectivity index (χ0) is 18.4. The Balaban J connectivity index is 1.95. The number of rotatable bonds is 5. The summed E-state index contributed by atoms with van der Waals surface area (Å²) in [4.78, 5) is 24.1. The Morgan fingerprint density at radius 2 is 1.88 bits per heavy atom. The molecular weight excluding hydrogens is 338 g/mol. The van der Waals surface area contributed by atoms with Crippen molar-refractivity contribution in [1.82, 2.24) is 0 Å². The van der Waals surface area contributed by atoms with Gasteiger partial charge in [-0.25, -0.2) is 4.79 Å². The molecule has 2 aromatic carbocycles. The molecule has 0 saturated carbocycles. The van der Waals surface area contributed by atoms with Crippen LogP contribution in [-0.4, -0.2) is 18.0 Å². The fraction of sp³-hybridized carbons (Fsp3) is 0.200. The minimum absolute atomic E-state index is 0.381. The van der Waals surface area contributed by atoms with Crippen molar-refractivity contribution in [2.75, 3.05) is 5.32 Å². The largest absolute Gasteiger partial charge is 0.449 e. The van der Waals surface area contributed by atoms with Crippen LogP contribution in [0.4, 0.5) is 5.69 Å². The van der Waals surface area contributed by atoms with Crippen LogP contribution in [0, 0.1) is 13.8 Å². The average Bonchev–Trinajstić information content (AvgIpc) is 2.57. The van der Waals surface area contributed by atoms with Crippen LogP contribution in [-0.2, 0) is 14.3 Å². The van der Waals surface area contributed by atoms with E-state index in [1.807, 2.05) is 38.1 Å². The molecule has 1 amide bonds. The van der Waals surface area contributed by atoms with Gasteiger partial charge in [0.2, 0.25) is 0 Å². The summed E-state index contributed by atoms with van der Waals surface area (Å²) in [5, 5.41) is 3.31. The highest BCUT2D eigenvalue weighted by atomic mass is 35.5. The first-order valence-electron chi connectivity index (χ1n) is 7.88. The molecule has 0 aromatic heterocycles. The molecule has 130 valence electrons. The number of anilines is 1. The van der Waals surface area contributed by atoms with E-state index in [1.54, 1.807) is 24.3 Å². The fourth-order valence-corrected chi connectivity index (χ4v) is 2.34. The highest BCUT2D eigenvalue weighted by Crippen LogP contribution is 2.18. The molecule has 25 heavy (non-hydrogen) atoms. The van der Waals surface area contributed by atoms with E-state index >= 15 is 0 Å². The lowest BCUT2D eigenvalue weighted by Crippen LogP contribution is -2.29. The number of ether oxygens (including phenoxy) is 1. The molecule has 5 heteroatoms. The zero-order valence-electron chi connectivity index (χ0n) is 14.4. The van der Waals surface area contributed by atoms with Crippen LogP contribution in [0.2, 0.25) is 5.02 Å². The van der Waals surface area contributed by atoms with E-state index in [0.717, 1.165) is 11.1 Å². The van der Waals surface area contributed by atoms with Gasteiger partial charge in [0.05, 0.1) is 0 Å². The minimum atomic E-state index is -0.914. The molecule has 1 atom stereocenters. The number of hydrogen-bond acceptors (Lipinski definition) is 3. The highest BCUT2D eigenvalue weighted by Gasteiger charge is 2.17. The Kier molecular flexibility index (Phi) is 6.37. The molecule has 1 N–H and O–H groups in total. The fourth-order valence-electron chi connectivity index (χ4n) is 2.14. The zero-order valence-corrected chi connectivity index (χ0v) is 15.1. The lowest BCUT2D eigenvalue weighted by molar-refractivity contribution is -0.148. The number of carbonyl (C=O) groups is 2. The summed E-state index contributed by atoms with van der Waals surface area (Å²) in [5.74, 6) is -0.989. The van der Waals surface area contributed by atoms with E-state index in [-0.39, 0.29) is 5.91 Å². The summed E-state index contributed by atoms with van der Waals surface area (Å²) in [6.07, 6.45) is 1.89. The maximum atomic E-state index is 12.2. The first-order valence-corrected chi connectivity index (χ1v) is 8.26. The van der Waals surface area contributed by atoms with Gasteiger partial charge < -0.3 is 10.1 Å². The van der Waals surface area contributed by atoms with Crippen LogP contribution in [0.3, 0.4) is 0 Å². The van der Waals surface area contributed by atoms with Gasteiger partial charge >= 0.3 is 5.97 Å². The number of hydrogen-bond donors (Lipinski definition) is 1. The monoisotopic (exact) mass is 357 g/mol. The van der Waals surface area contributed by atoms with E-state index < -0.39 is 12.1 Å². The summed E-state index contributed by atoms with van der Waals surface area (Å²) in [6.45, 7) is 5.37. The van der Waals surface area contributed by atoms with Gasteiger partial charge in [-0.2, -0.15) is 0 Å². The Bertz CT molecular complexity index is 814. The van der Waals surface area contributed by atoms with E-state index in [4.69, 9.17) is 16.3 Å². The molecule has 0 aliphatic heterocycles. The van der Waals surface area contributed by atoms with Gasteiger partial charge in [-0.15, -0.1) is 0 Å². The quantitative estimate of drug-likeness (QED) is 0.631. The van der Waals surface area contributed by atoms with Gasteiger partial charge in [0.25, 0.3) is 5.91 Å². The second kappa shape index (κ2) is 8.49. The molecule has 2 aromatic rings. The predicted octanol–water partition coefficient (Wildman–Crippen LogP) is 4.54. The molecule has 0 aliphatic carbocycles. The first-order chi connectivity index (χ1) is 11.9. The van der Waals surface area contributed by atoms with Crippen molar-refractivity contribution in [2.45, 2.75) is 26.9 Å². The van der Waals surface area contributed by atoms with Gasteiger partial charge in [0.1, 0.15) is 0 Å². The molecule has 0 heterocycles. The minimum Gasteiger partial charge on any atom is -0.449 e. The third-order valence-corrected chi connectivity index (χ3v) is 3.96. The number of esters is 1. The van der Waals surface area contributed by atoms with Crippen molar-refractivity contribution >= 4 is 35.2 Å². The Morgan fingerprint density at radius 3 is 2.60 bits per heavy atom. The number of halogens is 1. The van der Waals surface area contributed by atoms with Crippen molar-refractivity contribution in [2.24, 2.45) is 0 Å². The average molecular weight is 358 g/mol. The Labute approximate surface area is 152 Å². The SMILES string of the molecule is Cc1ccc(C)c(NC(=O)C(C)OC(=O)/C=C/c2ccccc2Cl)c1. The van der Waals surface area contributed by atoms with Gasteiger partial charge in [-0.05, 0) is 55.7 Å². The standard InChI is InChI=1S/C20H20ClNO3/c1-13-8-9-14(2)18(12-13)22-20(24)15(3)25-19(23)11-10-16-6-4-5-7-17(16)21/h4-12,15H,1-3H3,(H,22,24)/b11-10+. The number of aryl methyl sites for hydroxylation is 2. The number of benzene rings is 2. The van der Waals surface area contributed by atoms with Gasteiger partial charge in [-0.3, -0.25) is 4.79 Å². The van der Waals surface area contributed by atoms with Crippen molar-refractivity contribution in [3.05, 3.63) is 70.3 Å². The van der Waals surface area contributed by atoms with Gasteiger partial charge in [-0.1, -0.05) is 41.9 Å². The molecule has 0 fully saturated rings.